The van der Waals surface area contributed by atoms with E-state index in [9.17, 15) is 22.0 Å². The molecule has 0 bridgehead atoms. The van der Waals surface area contributed by atoms with Crippen molar-refractivity contribution in [1.82, 2.24) is 9.99 Å². The summed E-state index contributed by atoms with van der Waals surface area (Å²) in [5, 5.41) is 3.76. The van der Waals surface area contributed by atoms with E-state index in [0.717, 1.165) is 24.7 Å². The number of rotatable bonds is 6. The highest BCUT2D eigenvalue weighted by molar-refractivity contribution is 5.53. The molecule has 1 unspecified atom stereocenters. The van der Waals surface area contributed by atoms with Gasteiger partial charge in [0.25, 0.3) is 5.92 Å². The third-order valence-electron chi connectivity index (χ3n) is 3.44. The molecule has 0 fully saturated rings. The number of pyridine rings is 1. The zero-order valence-electron chi connectivity index (χ0n) is 12.7. The van der Waals surface area contributed by atoms with Gasteiger partial charge in [0.2, 0.25) is 0 Å². The monoisotopic (exact) mass is 359 g/mol. The average molecular weight is 359 g/mol. The van der Waals surface area contributed by atoms with Crippen molar-refractivity contribution in [2.24, 2.45) is 16.8 Å². The van der Waals surface area contributed by atoms with Gasteiger partial charge in [0.15, 0.2) is 0 Å². The van der Waals surface area contributed by atoms with Gasteiger partial charge in [0, 0.05) is 24.4 Å². The van der Waals surface area contributed by atoms with Crippen LogP contribution in [0.15, 0.2) is 41.6 Å². The number of benzene rings is 1. The van der Waals surface area contributed by atoms with Crippen molar-refractivity contribution in [2.45, 2.75) is 11.8 Å². The molecule has 2 aromatic rings. The van der Waals surface area contributed by atoms with E-state index in [4.69, 9.17) is 11.7 Å². The maximum absolute atomic E-state index is 14.9. The van der Waals surface area contributed by atoms with E-state index >= 15 is 0 Å². The first-order valence-electron chi connectivity index (χ1n) is 6.95. The number of halogens is 5. The van der Waals surface area contributed by atoms with Crippen molar-refractivity contribution in [3.05, 3.63) is 65.2 Å². The van der Waals surface area contributed by atoms with E-state index in [1.165, 1.54) is 0 Å². The van der Waals surface area contributed by atoms with Crippen LogP contribution < -0.4 is 11.7 Å². The minimum Gasteiger partial charge on any atom is -0.322 e. The molecule has 0 saturated carbocycles. The van der Waals surface area contributed by atoms with E-state index in [0.29, 0.717) is 23.2 Å². The lowest BCUT2D eigenvalue weighted by atomic mass is 9.89. The molecule has 25 heavy (non-hydrogen) atoms. The summed E-state index contributed by atoms with van der Waals surface area (Å²) >= 11 is 0. The first-order chi connectivity index (χ1) is 11.8. The highest BCUT2D eigenvalue weighted by Crippen LogP contribution is 2.42. The molecular formula is C15H14F5N5. The normalized spacial score (nSPS) is 13.2. The molecule has 0 aliphatic heterocycles. The maximum atomic E-state index is 14.9. The summed E-state index contributed by atoms with van der Waals surface area (Å²) in [6, 6.07) is 3.52. The molecule has 4 N–H and O–H groups in total. The maximum Gasteiger partial charge on any atom is 0.298 e. The zero-order valence-corrected chi connectivity index (χ0v) is 12.7. The lowest BCUT2D eigenvalue weighted by Crippen LogP contribution is -2.40. The number of hydrazine groups is 1. The highest BCUT2D eigenvalue weighted by atomic mass is 19.3. The fourth-order valence-corrected chi connectivity index (χ4v) is 2.30. The number of nitrogens with zero attached hydrogens (tertiary/aromatic N) is 3. The Balaban J connectivity index is 2.55. The molecule has 0 radical (unpaired) electrons. The molecule has 1 atom stereocenters. The van der Waals surface area contributed by atoms with E-state index in [1.54, 1.807) is 0 Å². The van der Waals surface area contributed by atoms with Crippen molar-refractivity contribution in [3.63, 3.8) is 0 Å². The molecule has 1 aromatic heterocycles. The minimum atomic E-state index is -3.86. The molecule has 5 nitrogen and oxygen atoms in total. The van der Waals surface area contributed by atoms with Gasteiger partial charge in [-0.1, -0.05) is 0 Å². The number of hydrogen-bond donors (Lipinski definition) is 2. The van der Waals surface area contributed by atoms with Crippen molar-refractivity contribution in [3.8, 4) is 0 Å². The Hall–Kier alpha value is -2.75. The fourth-order valence-electron chi connectivity index (χ4n) is 2.30. The van der Waals surface area contributed by atoms with Gasteiger partial charge < -0.3 is 5.84 Å². The van der Waals surface area contributed by atoms with Crippen LogP contribution in [0.1, 0.15) is 17.2 Å². The Morgan fingerprint density at radius 3 is 2.48 bits per heavy atom. The van der Waals surface area contributed by atoms with Crippen LogP contribution in [0.5, 0.6) is 0 Å². The SMILES string of the molecule is N/N=C\N(N)CC(c1cc(F)ccc1F)C(F)(F)c1cc(F)ccn1. The number of aromatic nitrogens is 1. The molecule has 0 aliphatic rings. The van der Waals surface area contributed by atoms with E-state index < -0.39 is 47.1 Å². The minimum absolute atomic E-state index is 0.516. The molecule has 0 saturated heterocycles. The summed E-state index contributed by atoms with van der Waals surface area (Å²) in [5.41, 5.74) is -1.59. The summed E-state index contributed by atoms with van der Waals surface area (Å²) in [5.74, 6) is 1.59. The molecule has 0 amide bonds. The van der Waals surface area contributed by atoms with Gasteiger partial charge in [-0.3, -0.25) is 9.99 Å². The van der Waals surface area contributed by atoms with Crippen LogP contribution in [0.25, 0.3) is 0 Å². The van der Waals surface area contributed by atoms with Gasteiger partial charge in [-0.15, -0.1) is 0 Å². The molecule has 1 aromatic carbocycles. The summed E-state index contributed by atoms with van der Waals surface area (Å²) < 4.78 is 70.7. The largest absolute Gasteiger partial charge is 0.322 e. The Morgan fingerprint density at radius 2 is 1.84 bits per heavy atom. The predicted molar refractivity (Wildman–Crippen MR) is 80.8 cm³/mol. The van der Waals surface area contributed by atoms with Gasteiger partial charge in [-0.2, -0.15) is 13.9 Å². The number of alkyl halides is 2. The lowest BCUT2D eigenvalue weighted by Gasteiger charge is -2.29. The Morgan fingerprint density at radius 1 is 1.16 bits per heavy atom. The zero-order chi connectivity index (χ0) is 18.6. The Kier molecular flexibility index (Phi) is 5.52. The van der Waals surface area contributed by atoms with Crippen LogP contribution in [-0.2, 0) is 5.92 Å². The third-order valence-corrected chi connectivity index (χ3v) is 3.44. The summed E-state index contributed by atoms with van der Waals surface area (Å²) in [6.45, 7) is -0.688. The molecule has 0 aliphatic carbocycles. The van der Waals surface area contributed by atoms with E-state index in [1.807, 2.05) is 0 Å². The number of hydrazone groups is 1. The van der Waals surface area contributed by atoms with Crippen LogP contribution >= 0.6 is 0 Å². The Bertz CT molecular complexity index is 768. The standard InChI is InChI=1S/C15H14F5N5/c16-9-1-2-13(18)11(5-9)12(7-25(22)8-24-21)15(19,20)14-6-10(17)3-4-23-14/h1-6,8,12H,7,21-22H2/b24-8-. The van der Waals surface area contributed by atoms with Gasteiger partial charge in [-0.25, -0.2) is 19.0 Å². The Labute approximate surface area is 139 Å². The van der Waals surface area contributed by atoms with Crippen LogP contribution in [0.2, 0.25) is 0 Å². The second-order valence-electron chi connectivity index (χ2n) is 5.16. The van der Waals surface area contributed by atoms with Crippen LogP contribution in [0, 0.1) is 17.5 Å². The van der Waals surface area contributed by atoms with Gasteiger partial charge in [0.1, 0.15) is 29.5 Å². The van der Waals surface area contributed by atoms with Crippen molar-refractivity contribution < 1.29 is 22.0 Å². The number of nitrogens with two attached hydrogens (primary N) is 2. The van der Waals surface area contributed by atoms with Gasteiger partial charge >= 0.3 is 0 Å². The second kappa shape index (κ2) is 7.43. The number of hydrogen-bond acceptors (Lipinski definition) is 4. The van der Waals surface area contributed by atoms with E-state index in [2.05, 4.69) is 10.1 Å². The highest BCUT2D eigenvalue weighted by Gasteiger charge is 2.45. The second-order valence-corrected chi connectivity index (χ2v) is 5.16. The van der Waals surface area contributed by atoms with E-state index in [-0.39, 0.29) is 0 Å². The quantitative estimate of drug-likeness (QED) is 0.273. The molecular weight excluding hydrogens is 345 g/mol. The van der Waals surface area contributed by atoms with Crippen LogP contribution in [0.3, 0.4) is 0 Å². The van der Waals surface area contributed by atoms with Gasteiger partial charge in [0.05, 0.1) is 5.92 Å². The van der Waals surface area contributed by atoms with Crippen LogP contribution in [-0.4, -0.2) is 22.9 Å². The smallest absolute Gasteiger partial charge is 0.298 e. The molecule has 10 heteroatoms. The lowest BCUT2D eigenvalue weighted by molar-refractivity contribution is -0.0446. The fraction of sp³-hybridized carbons (Fsp3) is 0.200. The van der Waals surface area contributed by atoms with Crippen LogP contribution in [0.4, 0.5) is 22.0 Å². The first-order valence-corrected chi connectivity index (χ1v) is 6.95. The molecule has 1 heterocycles. The summed E-state index contributed by atoms with van der Waals surface area (Å²) in [6.07, 6.45) is 1.68. The molecule has 0 spiro atoms. The first kappa shape index (κ1) is 18.6. The predicted octanol–water partition coefficient (Wildman–Crippen LogP) is 2.45. The third kappa shape index (κ3) is 4.21. The summed E-state index contributed by atoms with van der Waals surface area (Å²) in [7, 11) is 0. The van der Waals surface area contributed by atoms with Gasteiger partial charge in [-0.05, 0) is 24.3 Å². The van der Waals surface area contributed by atoms with Crippen molar-refractivity contribution in [1.29, 1.82) is 0 Å². The summed E-state index contributed by atoms with van der Waals surface area (Å²) in [4.78, 5) is 3.44. The van der Waals surface area contributed by atoms with Crippen molar-refractivity contribution in [2.75, 3.05) is 6.54 Å². The molecule has 134 valence electrons. The average Bonchev–Trinajstić information content (AvgIpc) is 2.55. The topological polar surface area (TPSA) is 80.5 Å². The molecule has 2 rings (SSSR count). The van der Waals surface area contributed by atoms with Crippen molar-refractivity contribution >= 4 is 6.34 Å².